The standard InChI is InChI=1S/C33H37ClN6O4/c1-32(8-9-32)43-30(41)37-28(26-19-35-20-38(26)3)25-17-21-5-4-12-36-27(21)29(23-7-6-22(34)18-24(23)25)39-13-15-40(16-14-39)31(42)44-33(2)10-11-33/h4-7,12,17-20,28-29H,8-11,13-16H2,1-3H3,(H,37,41). The number of aryl methyl sites for hydroxylation is 1. The van der Waals surface area contributed by atoms with Crippen LogP contribution in [0.15, 0.2) is 49.1 Å². The van der Waals surface area contributed by atoms with Gasteiger partial charge in [0.1, 0.15) is 11.2 Å². The number of carbonyl (C=O) groups is 2. The first-order valence-electron chi connectivity index (χ1n) is 15.3. The molecule has 2 amide bonds. The van der Waals surface area contributed by atoms with E-state index in [-0.39, 0.29) is 17.7 Å². The molecule has 230 valence electrons. The molecule has 1 N–H and O–H groups in total. The van der Waals surface area contributed by atoms with E-state index in [0.29, 0.717) is 31.2 Å². The van der Waals surface area contributed by atoms with Gasteiger partial charge in [0.15, 0.2) is 0 Å². The van der Waals surface area contributed by atoms with Crippen LogP contribution < -0.4 is 5.32 Å². The maximum Gasteiger partial charge on any atom is 0.410 e. The van der Waals surface area contributed by atoms with Gasteiger partial charge in [-0.2, -0.15) is 0 Å². The molecule has 1 aromatic carbocycles. The van der Waals surface area contributed by atoms with Crippen LogP contribution in [0.4, 0.5) is 9.59 Å². The molecule has 3 aromatic rings. The van der Waals surface area contributed by atoms with Crippen LogP contribution in [-0.2, 0) is 16.5 Å². The first kappa shape index (κ1) is 28.9. The van der Waals surface area contributed by atoms with Crippen LogP contribution in [0, 0.1) is 0 Å². The average molecular weight is 617 g/mol. The molecule has 2 aromatic heterocycles. The van der Waals surface area contributed by atoms with Gasteiger partial charge in [0.25, 0.3) is 0 Å². The predicted octanol–water partition coefficient (Wildman–Crippen LogP) is 5.74. The maximum atomic E-state index is 13.3. The Labute approximate surface area is 262 Å². The first-order valence-corrected chi connectivity index (χ1v) is 15.6. The molecule has 3 heterocycles. The number of imidazole rings is 1. The number of hydrogen-bond acceptors (Lipinski definition) is 7. The normalized spacial score (nSPS) is 22.0. The Hall–Kier alpha value is -3.89. The number of rotatable bonds is 6. The third-order valence-electron chi connectivity index (χ3n) is 9.30. The van der Waals surface area contributed by atoms with Crippen molar-refractivity contribution in [2.45, 2.75) is 62.8 Å². The van der Waals surface area contributed by atoms with E-state index in [9.17, 15) is 9.59 Å². The van der Waals surface area contributed by atoms with Crippen molar-refractivity contribution in [1.29, 1.82) is 0 Å². The molecule has 44 heavy (non-hydrogen) atoms. The van der Waals surface area contributed by atoms with E-state index in [1.807, 2.05) is 49.9 Å². The summed E-state index contributed by atoms with van der Waals surface area (Å²) < 4.78 is 13.5. The van der Waals surface area contributed by atoms with Gasteiger partial charge >= 0.3 is 12.2 Å². The van der Waals surface area contributed by atoms with Crippen LogP contribution in [0.5, 0.6) is 0 Å². The summed E-state index contributed by atoms with van der Waals surface area (Å²) in [6.45, 7) is 6.35. The molecule has 1 saturated heterocycles. The van der Waals surface area contributed by atoms with Crippen molar-refractivity contribution in [3.63, 3.8) is 0 Å². The number of pyridine rings is 1. The summed E-state index contributed by atoms with van der Waals surface area (Å²) in [5.41, 5.74) is 4.72. The molecule has 2 atom stereocenters. The van der Waals surface area contributed by atoms with Crippen molar-refractivity contribution in [2.24, 2.45) is 7.05 Å². The molecular weight excluding hydrogens is 580 g/mol. The van der Waals surface area contributed by atoms with Crippen LogP contribution in [0.25, 0.3) is 11.6 Å². The van der Waals surface area contributed by atoms with Crippen LogP contribution in [-0.4, -0.2) is 73.9 Å². The van der Waals surface area contributed by atoms with Crippen molar-refractivity contribution in [3.8, 4) is 0 Å². The van der Waals surface area contributed by atoms with Gasteiger partial charge in [0, 0.05) is 44.4 Å². The Kier molecular flexibility index (Phi) is 7.16. The number of benzene rings is 1. The number of fused-ring (bicyclic) bond motifs is 2. The van der Waals surface area contributed by atoms with Crippen molar-refractivity contribution in [3.05, 3.63) is 82.2 Å². The van der Waals surface area contributed by atoms with Gasteiger partial charge in [0.05, 0.1) is 36.0 Å². The predicted molar refractivity (Wildman–Crippen MR) is 166 cm³/mol. The van der Waals surface area contributed by atoms with Gasteiger partial charge in [-0.15, -0.1) is 0 Å². The fraction of sp³-hybridized carbons (Fsp3) is 0.455. The van der Waals surface area contributed by atoms with Gasteiger partial charge in [0.2, 0.25) is 0 Å². The lowest BCUT2D eigenvalue weighted by Crippen LogP contribution is -2.50. The average Bonchev–Trinajstić information content (AvgIpc) is 3.88. The quantitative estimate of drug-likeness (QED) is 0.377. The van der Waals surface area contributed by atoms with Gasteiger partial charge in [-0.1, -0.05) is 23.7 Å². The number of nitrogens with zero attached hydrogens (tertiary/aromatic N) is 5. The summed E-state index contributed by atoms with van der Waals surface area (Å²) in [5, 5.41) is 3.74. The third kappa shape index (κ3) is 5.68. The monoisotopic (exact) mass is 616 g/mol. The number of ether oxygens (including phenoxy) is 2. The van der Waals surface area contributed by atoms with Crippen molar-refractivity contribution < 1.29 is 19.1 Å². The van der Waals surface area contributed by atoms with E-state index in [0.717, 1.165) is 59.3 Å². The minimum atomic E-state index is -0.572. The fourth-order valence-corrected chi connectivity index (χ4v) is 6.29. The molecule has 0 radical (unpaired) electrons. The minimum Gasteiger partial charge on any atom is -0.443 e. The number of amides is 2. The second-order valence-electron chi connectivity index (χ2n) is 12.9. The van der Waals surface area contributed by atoms with Gasteiger partial charge in [-0.05, 0) is 86.1 Å². The molecule has 11 heteroatoms. The van der Waals surface area contributed by atoms with E-state index < -0.39 is 17.7 Å². The molecule has 2 unspecified atom stereocenters. The second kappa shape index (κ2) is 10.9. The molecule has 4 aliphatic rings. The van der Waals surface area contributed by atoms with Crippen molar-refractivity contribution in [2.75, 3.05) is 26.2 Å². The zero-order valence-electron chi connectivity index (χ0n) is 25.3. The number of hydrogen-bond donors (Lipinski definition) is 1. The van der Waals surface area contributed by atoms with E-state index in [1.54, 1.807) is 17.4 Å². The highest BCUT2D eigenvalue weighted by atomic mass is 35.5. The highest BCUT2D eigenvalue weighted by Gasteiger charge is 2.44. The summed E-state index contributed by atoms with van der Waals surface area (Å²) in [4.78, 5) is 39.6. The van der Waals surface area contributed by atoms with Gasteiger partial charge in [-0.3, -0.25) is 9.88 Å². The number of nitrogens with one attached hydrogen (secondary N) is 1. The highest BCUT2D eigenvalue weighted by Crippen LogP contribution is 2.45. The second-order valence-corrected chi connectivity index (χ2v) is 13.3. The van der Waals surface area contributed by atoms with Crippen molar-refractivity contribution in [1.82, 2.24) is 29.7 Å². The largest absolute Gasteiger partial charge is 0.443 e. The van der Waals surface area contributed by atoms with Crippen LogP contribution >= 0.6 is 11.6 Å². The third-order valence-corrected chi connectivity index (χ3v) is 9.54. The topological polar surface area (TPSA) is 102 Å². The number of aromatic nitrogens is 3. The number of piperazine rings is 1. The molecule has 2 saturated carbocycles. The van der Waals surface area contributed by atoms with Crippen molar-refractivity contribution >= 4 is 35.4 Å². The molecule has 0 spiro atoms. The van der Waals surface area contributed by atoms with Gasteiger partial charge < -0.3 is 24.3 Å². The van der Waals surface area contributed by atoms with E-state index in [2.05, 4.69) is 33.4 Å². The smallest absolute Gasteiger partial charge is 0.410 e. The lowest BCUT2D eigenvalue weighted by atomic mass is 9.90. The zero-order chi connectivity index (χ0) is 30.6. The van der Waals surface area contributed by atoms with Crippen LogP contribution in [0.1, 0.15) is 79.7 Å². The Bertz CT molecular complexity index is 1640. The van der Waals surface area contributed by atoms with E-state index in [4.69, 9.17) is 26.1 Å². The Morgan fingerprint density at radius 2 is 1.77 bits per heavy atom. The summed E-state index contributed by atoms with van der Waals surface area (Å²) in [6, 6.07) is 9.12. The molecule has 10 nitrogen and oxygen atoms in total. The molecular formula is C33H37ClN6O4. The highest BCUT2D eigenvalue weighted by molar-refractivity contribution is 6.30. The number of carbonyl (C=O) groups excluding carboxylic acids is 2. The summed E-state index contributed by atoms with van der Waals surface area (Å²) in [6.07, 6.45) is 10.2. The molecule has 3 aliphatic carbocycles. The van der Waals surface area contributed by atoms with Gasteiger partial charge in [-0.25, -0.2) is 14.6 Å². The van der Waals surface area contributed by atoms with Crippen LogP contribution in [0.3, 0.4) is 0 Å². The van der Waals surface area contributed by atoms with E-state index >= 15 is 0 Å². The fourth-order valence-electron chi connectivity index (χ4n) is 6.12. The summed E-state index contributed by atoms with van der Waals surface area (Å²) in [5.74, 6) is 0. The SMILES string of the molecule is Cn1cncc1C(NC(=O)OC1(C)CC1)C1=Cc2cccnc2C(N2CCN(C(=O)OC3(C)CC3)CC2)c2ccc(Cl)cc21. The molecule has 7 rings (SSSR count). The molecule has 1 aliphatic heterocycles. The molecule has 0 bridgehead atoms. The summed E-state index contributed by atoms with van der Waals surface area (Å²) >= 11 is 6.67. The summed E-state index contributed by atoms with van der Waals surface area (Å²) in [7, 11) is 1.91. The van der Waals surface area contributed by atoms with Crippen LogP contribution in [0.2, 0.25) is 5.02 Å². The van der Waals surface area contributed by atoms with E-state index in [1.165, 1.54) is 0 Å². The molecule has 3 fully saturated rings. The Balaban J connectivity index is 1.26. The zero-order valence-corrected chi connectivity index (χ0v) is 26.0. The first-order chi connectivity index (χ1) is 21.1. The lowest BCUT2D eigenvalue weighted by Gasteiger charge is -2.39. The maximum absolute atomic E-state index is 13.3. The number of alkyl carbamates (subject to hydrolysis) is 1. The lowest BCUT2D eigenvalue weighted by molar-refractivity contribution is 0.0380. The number of halogens is 1. The Morgan fingerprint density at radius 1 is 1.05 bits per heavy atom. The minimum absolute atomic E-state index is 0.198. The Morgan fingerprint density at radius 3 is 2.45 bits per heavy atom.